The van der Waals surface area contributed by atoms with Crippen LogP contribution in [-0.4, -0.2) is 45.9 Å². The van der Waals surface area contributed by atoms with E-state index in [2.05, 4.69) is 22.2 Å². The largest absolute Gasteiger partial charge is 0.356 e. The summed E-state index contributed by atoms with van der Waals surface area (Å²) in [6, 6.07) is 8.71. The second kappa shape index (κ2) is 9.23. The molecule has 0 aromatic carbocycles. The molecule has 1 saturated heterocycles. The summed E-state index contributed by atoms with van der Waals surface area (Å²) in [5.74, 6) is -0.388. The zero-order chi connectivity index (χ0) is 19.1. The zero-order valence-electron chi connectivity index (χ0n) is 15.4. The van der Waals surface area contributed by atoms with Gasteiger partial charge in [-0.15, -0.1) is 0 Å². The number of nitrogens with zero attached hydrogens (tertiary/aromatic N) is 3. The van der Waals surface area contributed by atoms with E-state index in [1.165, 1.54) is 0 Å². The number of ether oxygens (including phenoxy) is 1. The van der Waals surface area contributed by atoms with Crippen LogP contribution in [0.1, 0.15) is 37.1 Å². The third-order valence-electron chi connectivity index (χ3n) is 4.47. The molecular formula is C20H24N4O3. The summed E-state index contributed by atoms with van der Waals surface area (Å²) < 4.78 is 5.67. The number of pyridine rings is 2. The molecule has 7 heteroatoms. The highest BCUT2D eigenvalue weighted by molar-refractivity contribution is 5.86. The molecule has 0 radical (unpaired) electrons. The molecule has 0 saturated carbocycles. The van der Waals surface area contributed by atoms with Gasteiger partial charge < -0.3 is 15.0 Å². The number of nitrogens with one attached hydrogen (secondary N) is 1. The molecular weight excluding hydrogens is 344 g/mol. The first-order valence-corrected chi connectivity index (χ1v) is 9.18. The van der Waals surface area contributed by atoms with Crippen LogP contribution in [0.15, 0.2) is 48.9 Å². The predicted molar refractivity (Wildman–Crippen MR) is 99.4 cm³/mol. The Morgan fingerprint density at radius 3 is 2.89 bits per heavy atom. The van der Waals surface area contributed by atoms with Gasteiger partial charge in [0.1, 0.15) is 6.61 Å². The number of unbranched alkanes of at least 4 members (excludes halogenated alkanes) is 1. The van der Waals surface area contributed by atoms with Crippen molar-refractivity contribution >= 4 is 11.8 Å². The van der Waals surface area contributed by atoms with E-state index in [0.717, 1.165) is 24.1 Å². The Morgan fingerprint density at radius 2 is 2.19 bits per heavy atom. The average Bonchev–Trinajstić information content (AvgIpc) is 2.72. The van der Waals surface area contributed by atoms with Gasteiger partial charge in [0.25, 0.3) is 5.91 Å². The van der Waals surface area contributed by atoms with Crippen molar-refractivity contribution in [1.29, 1.82) is 0 Å². The highest BCUT2D eigenvalue weighted by Crippen LogP contribution is 2.24. The van der Waals surface area contributed by atoms with Gasteiger partial charge in [-0.2, -0.15) is 0 Å². The maximum absolute atomic E-state index is 13.3. The van der Waals surface area contributed by atoms with Gasteiger partial charge in [0.05, 0.1) is 18.3 Å². The van der Waals surface area contributed by atoms with Crippen molar-refractivity contribution in [2.45, 2.75) is 38.5 Å². The normalized spacial score (nSPS) is 19.4. The summed E-state index contributed by atoms with van der Waals surface area (Å²) in [5, 5.41) is 2.87. The summed E-state index contributed by atoms with van der Waals surface area (Å²) in [6.07, 6.45) is 6.09. The van der Waals surface area contributed by atoms with E-state index in [9.17, 15) is 9.59 Å². The molecule has 1 aliphatic rings. The molecule has 3 rings (SSSR count). The molecule has 0 aliphatic carbocycles. The lowest BCUT2D eigenvalue weighted by molar-refractivity contribution is -0.155. The Hall–Kier alpha value is -2.80. The van der Waals surface area contributed by atoms with Crippen LogP contribution in [0.2, 0.25) is 0 Å². The molecule has 142 valence electrons. The van der Waals surface area contributed by atoms with E-state index in [0.29, 0.717) is 13.1 Å². The fourth-order valence-corrected chi connectivity index (χ4v) is 3.07. The predicted octanol–water partition coefficient (Wildman–Crippen LogP) is 1.86. The van der Waals surface area contributed by atoms with Crippen molar-refractivity contribution in [2.24, 2.45) is 0 Å². The van der Waals surface area contributed by atoms with Gasteiger partial charge >= 0.3 is 0 Å². The summed E-state index contributed by atoms with van der Waals surface area (Å²) >= 11 is 0. The summed E-state index contributed by atoms with van der Waals surface area (Å²) in [7, 11) is 0. The van der Waals surface area contributed by atoms with Gasteiger partial charge in [0.2, 0.25) is 5.91 Å². The highest BCUT2D eigenvalue weighted by Gasteiger charge is 2.38. The van der Waals surface area contributed by atoms with Crippen molar-refractivity contribution in [1.82, 2.24) is 20.2 Å². The smallest absolute Gasteiger partial charge is 0.254 e. The molecule has 2 aromatic rings. The molecule has 7 nitrogen and oxygen atoms in total. The van der Waals surface area contributed by atoms with Crippen LogP contribution in [0.5, 0.6) is 0 Å². The quantitative estimate of drug-likeness (QED) is 0.806. The average molecular weight is 368 g/mol. The minimum absolute atomic E-state index is 0.127. The van der Waals surface area contributed by atoms with Crippen LogP contribution in [0, 0.1) is 0 Å². The van der Waals surface area contributed by atoms with Gasteiger partial charge in [0, 0.05) is 25.1 Å². The van der Waals surface area contributed by atoms with Crippen molar-refractivity contribution in [3.63, 3.8) is 0 Å². The second-order valence-electron chi connectivity index (χ2n) is 6.50. The molecule has 0 unspecified atom stereocenters. The molecule has 27 heavy (non-hydrogen) atoms. The first kappa shape index (κ1) is 19.0. The van der Waals surface area contributed by atoms with E-state index in [-0.39, 0.29) is 18.4 Å². The monoisotopic (exact) mass is 368 g/mol. The molecule has 3 heterocycles. The Bertz CT molecular complexity index is 754. The van der Waals surface area contributed by atoms with Crippen molar-refractivity contribution in [2.75, 3.05) is 13.2 Å². The molecule has 1 aliphatic heterocycles. The molecule has 2 amide bonds. The lowest BCUT2D eigenvalue weighted by Gasteiger charge is -2.35. The van der Waals surface area contributed by atoms with Crippen molar-refractivity contribution in [3.05, 3.63) is 60.2 Å². The van der Waals surface area contributed by atoms with Gasteiger partial charge in [-0.25, -0.2) is 0 Å². The lowest BCUT2D eigenvalue weighted by atomic mass is 10.00. The molecule has 0 bridgehead atoms. The van der Waals surface area contributed by atoms with E-state index >= 15 is 0 Å². The van der Waals surface area contributed by atoms with E-state index in [1.54, 1.807) is 29.6 Å². The number of aromatic nitrogens is 2. The Balaban J connectivity index is 1.82. The van der Waals surface area contributed by atoms with Crippen LogP contribution in [0.3, 0.4) is 0 Å². The number of amides is 2. The van der Waals surface area contributed by atoms with Gasteiger partial charge in [-0.3, -0.25) is 19.6 Å². The first-order valence-electron chi connectivity index (χ1n) is 9.18. The Kier molecular flexibility index (Phi) is 6.49. The number of hydrogen-bond acceptors (Lipinski definition) is 5. The molecule has 1 fully saturated rings. The third kappa shape index (κ3) is 4.89. The van der Waals surface area contributed by atoms with Gasteiger partial charge in [0.15, 0.2) is 6.10 Å². The van der Waals surface area contributed by atoms with E-state index in [4.69, 9.17) is 4.74 Å². The fourth-order valence-electron chi connectivity index (χ4n) is 3.07. The van der Waals surface area contributed by atoms with E-state index < -0.39 is 12.1 Å². The SMILES string of the molecule is CCCCN(Cc1ccccn1)C(=O)[C@H]1OCC(=O)N[C@@H]1c1cccnc1. The molecule has 2 atom stereocenters. The zero-order valence-corrected chi connectivity index (χ0v) is 15.4. The van der Waals surface area contributed by atoms with Crippen molar-refractivity contribution in [3.8, 4) is 0 Å². The standard InChI is InChI=1S/C20H24N4O3/c1-2-3-11-24(13-16-8-4-5-10-22-16)20(26)19-18(23-17(25)14-27-19)15-7-6-9-21-12-15/h4-10,12,18-19H,2-3,11,13-14H2,1H3,(H,23,25)/t18-,19+/m1/s1. The van der Waals surface area contributed by atoms with Gasteiger partial charge in [-0.05, 0) is 30.2 Å². The first-order chi connectivity index (χ1) is 13.2. The summed E-state index contributed by atoms with van der Waals surface area (Å²) in [4.78, 5) is 35.3. The molecule has 2 aromatic heterocycles. The number of carbonyl (C=O) groups excluding carboxylic acids is 2. The second-order valence-corrected chi connectivity index (χ2v) is 6.50. The summed E-state index contributed by atoms with van der Waals surface area (Å²) in [6.45, 7) is 2.98. The van der Waals surface area contributed by atoms with Gasteiger partial charge in [-0.1, -0.05) is 25.5 Å². The minimum atomic E-state index is -0.785. The minimum Gasteiger partial charge on any atom is -0.356 e. The molecule has 1 N–H and O–H groups in total. The van der Waals surface area contributed by atoms with Crippen LogP contribution >= 0.6 is 0 Å². The number of hydrogen-bond donors (Lipinski definition) is 1. The van der Waals surface area contributed by atoms with Crippen LogP contribution in [0.25, 0.3) is 0 Å². The highest BCUT2D eigenvalue weighted by atomic mass is 16.5. The third-order valence-corrected chi connectivity index (χ3v) is 4.47. The van der Waals surface area contributed by atoms with E-state index in [1.807, 2.05) is 24.3 Å². The van der Waals surface area contributed by atoms with Crippen LogP contribution in [0.4, 0.5) is 0 Å². The van der Waals surface area contributed by atoms with Crippen molar-refractivity contribution < 1.29 is 14.3 Å². The Labute approximate surface area is 158 Å². The number of morpholine rings is 1. The maximum Gasteiger partial charge on any atom is 0.254 e. The topological polar surface area (TPSA) is 84.4 Å². The fraction of sp³-hybridized carbons (Fsp3) is 0.400. The summed E-state index contributed by atoms with van der Waals surface area (Å²) in [5.41, 5.74) is 1.57. The van der Waals surface area contributed by atoms with Crippen LogP contribution in [-0.2, 0) is 20.9 Å². The van der Waals surface area contributed by atoms with Crippen LogP contribution < -0.4 is 5.32 Å². The number of carbonyl (C=O) groups is 2. The Morgan fingerprint density at radius 1 is 1.30 bits per heavy atom. The molecule has 0 spiro atoms. The number of rotatable bonds is 7. The lowest BCUT2D eigenvalue weighted by Crippen LogP contribution is -2.53. The maximum atomic E-state index is 13.3.